The topological polar surface area (TPSA) is 40.5 Å². The molecule has 0 unspecified atom stereocenters. The highest BCUT2D eigenvalue weighted by Gasteiger charge is 2.63. The van der Waals surface area contributed by atoms with Gasteiger partial charge in [-0.05, 0) is 86.7 Å². The lowest BCUT2D eigenvalue weighted by Gasteiger charge is -2.53. The quantitative estimate of drug-likeness (QED) is 0.321. The molecule has 5 heteroatoms. The van der Waals surface area contributed by atoms with Gasteiger partial charge in [0, 0.05) is 43.0 Å². The van der Waals surface area contributed by atoms with E-state index in [0.717, 1.165) is 36.0 Å². The molecule has 3 nitrogen and oxygen atoms in total. The molecule has 4 aliphatic rings. The summed E-state index contributed by atoms with van der Waals surface area (Å²) in [5.41, 5.74) is 1.60. The Morgan fingerprint density at radius 1 is 1.30 bits per heavy atom. The van der Waals surface area contributed by atoms with Gasteiger partial charge >= 0.3 is 0 Å². The maximum atomic E-state index is 16.3. The minimum absolute atomic E-state index is 0.0405. The SMILES string of the molecule is C=C/C(=C\C(F)=C(/F)[C@H]1C[C@@]2(C)[C@@H](CC[C@@]2(O)C#CC(C)C)[C@@H]2CCC3=CC(=O)CCC3=C21)N(C)CC. The summed E-state index contributed by atoms with van der Waals surface area (Å²) in [5, 5.41) is 11.9. The van der Waals surface area contributed by atoms with Gasteiger partial charge in [0.1, 0.15) is 11.4 Å². The zero-order chi connectivity index (χ0) is 27.1. The van der Waals surface area contributed by atoms with E-state index in [1.165, 1.54) is 12.2 Å². The van der Waals surface area contributed by atoms with Gasteiger partial charge in [-0.25, -0.2) is 8.78 Å². The molecule has 0 saturated heterocycles. The van der Waals surface area contributed by atoms with Crippen LogP contribution in [-0.4, -0.2) is 35.0 Å². The highest BCUT2D eigenvalue weighted by molar-refractivity contribution is 5.93. The van der Waals surface area contributed by atoms with Crippen molar-refractivity contribution in [3.63, 3.8) is 0 Å². The molecule has 4 aliphatic carbocycles. The molecule has 0 aromatic heterocycles. The first-order valence-electron chi connectivity index (χ1n) is 13.8. The highest BCUT2D eigenvalue weighted by atomic mass is 19.2. The number of carbonyl (C=O) groups excluding carboxylic acids is 1. The lowest BCUT2D eigenvalue weighted by molar-refractivity contribution is -0.114. The van der Waals surface area contributed by atoms with E-state index in [1.807, 2.05) is 39.6 Å². The van der Waals surface area contributed by atoms with E-state index in [1.54, 1.807) is 6.08 Å². The normalized spacial score (nSPS) is 34.1. The lowest BCUT2D eigenvalue weighted by atomic mass is 9.52. The number of aliphatic hydroxyl groups is 1. The Balaban J connectivity index is 1.89. The number of rotatable bonds is 5. The number of nitrogens with zero attached hydrogens (tertiary/aromatic N) is 1. The molecule has 0 aromatic carbocycles. The van der Waals surface area contributed by atoms with Gasteiger partial charge in [-0.1, -0.05) is 44.8 Å². The van der Waals surface area contributed by atoms with Gasteiger partial charge in [0.05, 0.1) is 0 Å². The third kappa shape index (κ3) is 4.78. The van der Waals surface area contributed by atoms with Crippen LogP contribution in [0.25, 0.3) is 0 Å². The number of carbonyl (C=O) groups is 1. The van der Waals surface area contributed by atoms with Crippen molar-refractivity contribution in [3.8, 4) is 11.8 Å². The number of ketones is 1. The first-order valence-corrected chi connectivity index (χ1v) is 13.8. The molecule has 200 valence electrons. The van der Waals surface area contributed by atoms with Crippen LogP contribution in [0.4, 0.5) is 8.78 Å². The average Bonchev–Trinajstić information content (AvgIpc) is 3.14. The van der Waals surface area contributed by atoms with Crippen LogP contribution >= 0.6 is 0 Å². The number of halogens is 2. The zero-order valence-corrected chi connectivity index (χ0v) is 23.0. The van der Waals surface area contributed by atoms with Gasteiger partial charge in [0.25, 0.3) is 0 Å². The van der Waals surface area contributed by atoms with E-state index < -0.39 is 28.6 Å². The first-order chi connectivity index (χ1) is 17.5. The molecule has 4 rings (SSSR count). The van der Waals surface area contributed by atoms with Crippen molar-refractivity contribution in [1.29, 1.82) is 0 Å². The fourth-order valence-electron chi connectivity index (χ4n) is 7.23. The highest BCUT2D eigenvalue weighted by Crippen LogP contribution is 2.66. The predicted octanol–water partition coefficient (Wildman–Crippen LogP) is 6.98. The minimum atomic E-state index is -1.24. The molecular weight excluding hydrogens is 468 g/mol. The molecular formula is C32H41F2NO2. The summed E-state index contributed by atoms with van der Waals surface area (Å²) in [4.78, 5) is 14.0. The molecule has 0 bridgehead atoms. The molecule has 0 aromatic rings. The smallest absolute Gasteiger partial charge is 0.157 e. The van der Waals surface area contributed by atoms with E-state index in [2.05, 4.69) is 18.4 Å². The van der Waals surface area contributed by atoms with Crippen LogP contribution in [0.2, 0.25) is 0 Å². The minimum Gasteiger partial charge on any atom is -0.377 e. The molecule has 2 saturated carbocycles. The summed E-state index contributed by atoms with van der Waals surface area (Å²) in [6, 6.07) is 0. The summed E-state index contributed by atoms with van der Waals surface area (Å²) in [6.07, 6.45) is 8.64. The fourth-order valence-corrected chi connectivity index (χ4v) is 7.23. The van der Waals surface area contributed by atoms with E-state index in [0.29, 0.717) is 31.5 Å². The number of allylic oxidation sites excluding steroid dienone is 8. The van der Waals surface area contributed by atoms with Gasteiger partial charge < -0.3 is 10.0 Å². The molecule has 0 aliphatic heterocycles. The van der Waals surface area contributed by atoms with Gasteiger partial charge in [-0.3, -0.25) is 4.79 Å². The summed E-state index contributed by atoms with van der Waals surface area (Å²) in [5.74, 6) is 4.25. The second-order valence-corrected chi connectivity index (χ2v) is 11.8. The Morgan fingerprint density at radius 2 is 2.03 bits per heavy atom. The second kappa shape index (κ2) is 10.4. The molecule has 2 fully saturated rings. The molecule has 0 radical (unpaired) electrons. The van der Waals surface area contributed by atoms with E-state index >= 15 is 8.78 Å². The number of likely N-dealkylation sites (N-methyl/N-ethyl adjacent to an activating group) is 1. The molecule has 37 heavy (non-hydrogen) atoms. The van der Waals surface area contributed by atoms with Crippen molar-refractivity contribution in [3.05, 3.63) is 58.9 Å². The Kier molecular flexibility index (Phi) is 7.73. The van der Waals surface area contributed by atoms with Crippen molar-refractivity contribution < 1.29 is 18.7 Å². The summed E-state index contributed by atoms with van der Waals surface area (Å²) >= 11 is 0. The van der Waals surface area contributed by atoms with Crippen molar-refractivity contribution in [1.82, 2.24) is 4.90 Å². The van der Waals surface area contributed by atoms with Crippen molar-refractivity contribution in [2.45, 2.75) is 78.2 Å². The Bertz CT molecular complexity index is 1160. The number of hydrogen-bond donors (Lipinski definition) is 1. The molecule has 0 amide bonds. The van der Waals surface area contributed by atoms with Gasteiger partial charge in [0.2, 0.25) is 0 Å². The van der Waals surface area contributed by atoms with Crippen LogP contribution in [0.3, 0.4) is 0 Å². The zero-order valence-electron chi connectivity index (χ0n) is 23.0. The maximum Gasteiger partial charge on any atom is 0.157 e. The third-order valence-electron chi connectivity index (χ3n) is 9.39. The van der Waals surface area contributed by atoms with Crippen LogP contribution < -0.4 is 0 Å². The number of hydrogen-bond acceptors (Lipinski definition) is 3. The number of fused-ring (bicyclic) bond motifs is 4. The maximum absolute atomic E-state index is 16.3. The summed E-state index contributed by atoms with van der Waals surface area (Å²) in [7, 11) is 1.81. The average molecular weight is 510 g/mol. The van der Waals surface area contributed by atoms with Gasteiger partial charge in [-0.2, -0.15) is 0 Å². The van der Waals surface area contributed by atoms with Crippen molar-refractivity contribution in [2.24, 2.45) is 29.1 Å². The standard InChI is InChI=1S/C32H41F2NO2/c1-7-22(35(6)8-2)18-28(33)30(34)26-19-31(5)27(14-16-32(31,37)15-13-20(3)4)25-11-9-21-17-23(36)10-12-24(21)29(25)26/h7,17-18,20,25-27,37H,1,8-12,14,16,19H2,2-6H3/b22-18+,30-28+/t25-,26-,27-,31-,32-/m0/s1. The van der Waals surface area contributed by atoms with Crippen LogP contribution in [0.1, 0.15) is 72.6 Å². The first kappa shape index (κ1) is 27.6. The van der Waals surface area contributed by atoms with Gasteiger partial charge in [0.15, 0.2) is 11.6 Å². The Labute approximate surface area is 221 Å². The molecule has 0 spiro atoms. The molecule has 1 N–H and O–H groups in total. The van der Waals surface area contributed by atoms with Crippen LogP contribution in [-0.2, 0) is 4.79 Å². The van der Waals surface area contributed by atoms with Crippen molar-refractivity contribution in [2.75, 3.05) is 13.6 Å². The van der Waals surface area contributed by atoms with Crippen LogP contribution in [0.15, 0.2) is 58.9 Å². The Morgan fingerprint density at radius 3 is 2.68 bits per heavy atom. The van der Waals surface area contributed by atoms with E-state index in [9.17, 15) is 9.90 Å². The van der Waals surface area contributed by atoms with E-state index in [4.69, 9.17) is 0 Å². The predicted molar refractivity (Wildman–Crippen MR) is 144 cm³/mol. The second-order valence-electron chi connectivity index (χ2n) is 11.8. The molecule has 0 heterocycles. The monoisotopic (exact) mass is 509 g/mol. The Hall–Kier alpha value is -2.45. The summed E-state index contributed by atoms with van der Waals surface area (Å²) < 4.78 is 32.0. The van der Waals surface area contributed by atoms with Crippen LogP contribution in [0, 0.1) is 40.9 Å². The van der Waals surface area contributed by atoms with Crippen molar-refractivity contribution >= 4 is 5.78 Å². The van der Waals surface area contributed by atoms with Crippen LogP contribution in [0.5, 0.6) is 0 Å². The third-order valence-corrected chi connectivity index (χ3v) is 9.39. The summed E-state index contributed by atoms with van der Waals surface area (Å²) in [6.45, 7) is 12.4. The molecule has 5 atom stereocenters. The van der Waals surface area contributed by atoms with Gasteiger partial charge in [-0.15, -0.1) is 0 Å². The fraction of sp³-hybridized carbons (Fsp3) is 0.594. The largest absolute Gasteiger partial charge is 0.377 e. The van der Waals surface area contributed by atoms with E-state index in [-0.39, 0.29) is 30.0 Å². The lowest BCUT2D eigenvalue weighted by Crippen LogP contribution is -2.51.